The van der Waals surface area contributed by atoms with Gasteiger partial charge in [0.2, 0.25) is 5.91 Å². The number of aromatic nitrogens is 4. The molecule has 8 nitrogen and oxygen atoms in total. The Morgan fingerprint density at radius 1 is 1.00 bits per heavy atom. The van der Waals surface area contributed by atoms with Crippen LogP contribution < -0.4 is 5.32 Å². The Balaban J connectivity index is 1.40. The molecule has 0 bridgehead atoms. The number of fused-ring (bicyclic) bond motifs is 1. The zero-order valence-corrected chi connectivity index (χ0v) is 17.5. The van der Waals surface area contributed by atoms with Crippen LogP contribution in [0.1, 0.15) is 17.3 Å². The molecule has 1 N–H and O–H groups in total. The van der Waals surface area contributed by atoms with Crippen molar-refractivity contribution >= 4 is 35.0 Å². The van der Waals surface area contributed by atoms with E-state index in [0.29, 0.717) is 34.4 Å². The summed E-state index contributed by atoms with van der Waals surface area (Å²) in [4.78, 5) is 24.0. The molecular weight excluding hydrogens is 414 g/mol. The normalized spacial score (nSPS) is 10.7. The summed E-state index contributed by atoms with van der Waals surface area (Å²) in [5.74, 6) is 0.259. The Kier molecular flexibility index (Phi) is 6.23. The van der Waals surface area contributed by atoms with Gasteiger partial charge >= 0.3 is 5.97 Å². The van der Waals surface area contributed by atoms with E-state index < -0.39 is 0 Å². The van der Waals surface area contributed by atoms with E-state index in [1.165, 1.54) is 11.8 Å². The highest BCUT2D eigenvalue weighted by atomic mass is 32.2. The SMILES string of the molecule is CCOC(=O)c1ccc(NC(=O)CSc2ccc3nnc(-c4ccccc4)n3n2)cc1. The molecule has 0 aliphatic rings. The highest BCUT2D eigenvalue weighted by Gasteiger charge is 2.11. The van der Waals surface area contributed by atoms with Crippen LogP contribution in [0.5, 0.6) is 0 Å². The van der Waals surface area contributed by atoms with Gasteiger partial charge in [0.05, 0.1) is 17.9 Å². The summed E-state index contributed by atoms with van der Waals surface area (Å²) in [6.45, 7) is 2.07. The summed E-state index contributed by atoms with van der Waals surface area (Å²) in [6, 6.07) is 19.9. The molecule has 4 rings (SSSR count). The number of anilines is 1. The third-order valence-corrected chi connectivity index (χ3v) is 5.22. The van der Waals surface area contributed by atoms with Crippen molar-refractivity contribution in [3.8, 4) is 11.4 Å². The van der Waals surface area contributed by atoms with Crippen molar-refractivity contribution in [3.63, 3.8) is 0 Å². The quantitative estimate of drug-likeness (QED) is 0.350. The van der Waals surface area contributed by atoms with Crippen LogP contribution in [-0.2, 0) is 9.53 Å². The van der Waals surface area contributed by atoms with Gasteiger partial charge in [-0.15, -0.1) is 10.2 Å². The third-order valence-electron chi connectivity index (χ3n) is 4.30. The first kappa shape index (κ1) is 20.5. The molecule has 1 amide bonds. The Bertz CT molecular complexity index is 1210. The molecule has 0 aliphatic carbocycles. The molecule has 9 heteroatoms. The fourth-order valence-corrected chi connectivity index (χ4v) is 3.51. The van der Waals surface area contributed by atoms with E-state index >= 15 is 0 Å². The summed E-state index contributed by atoms with van der Waals surface area (Å²) < 4.78 is 6.62. The third kappa shape index (κ3) is 4.89. The number of hydrogen-bond donors (Lipinski definition) is 1. The molecule has 4 aromatic rings. The molecule has 0 spiro atoms. The summed E-state index contributed by atoms with van der Waals surface area (Å²) in [5.41, 5.74) is 2.59. The number of nitrogens with zero attached hydrogens (tertiary/aromatic N) is 4. The summed E-state index contributed by atoms with van der Waals surface area (Å²) in [6.07, 6.45) is 0. The topological polar surface area (TPSA) is 98.5 Å². The predicted molar refractivity (Wildman–Crippen MR) is 118 cm³/mol. The second-order valence-electron chi connectivity index (χ2n) is 6.47. The molecular formula is C22H19N5O3S. The van der Waals surface area contributed by atoms with Crippen molar-refractivity contribution in [3.05, 3.63) is 72.3 Å². The summed E-state index contributed by atoms with van der Waals surface area (Å²) in [5, 5.41) is 16.4. The van der Waals surface area contributed by atoms with Crippen LogP contribution in [0.2, 0.25) is 0 Å². The number of esters is 1. The second-order valence-corrected chi connectivity index (χ2v) is 7.46. The molecule has 156 valence electrons. The Morgan fingerprint density at radius 2 is 1.77 bits per heavy atom. The van der Waals surface area contributed by atoms with E-state index in [4.69, 9.17) is 4.74 Å². The molecule has 0 unspecified atom stereocenters. The molecule has 0 saturated carbocycles. The first-order chi connectivity index (χ1) is 15.1. The lowest BCUT2D eigenvalue weighted by Crippen LogP contribution is -2.14. The van der Waals surface area contributed by atoms with E-state index in [1.54, 1.807) is 35.7 Å². The van der Waals surface area contributed by atoms with Crippen molar-refractivity contribution in [2.24, 2.45) is 0 Å². The number of carbonyl (C=O) groups excluding carboxylic acids is 2. The van der Waals surface area contributed by atoms with Crippen LogP contribution in [0.15, 0.2) is 71.8 Å². The van der Waals surface area contributed by atoms with E-state index in [1.807, 2.05) is 42.5 Å². The van der Waals surface area contributed by atoms with Crippen molar-refractivity contribution in [2.45, 2.75) is 11.9 Å². The largest absolute Gasteiger partial charge is 0.462 e. The maximum absolute atomic E-state index is 12.3. The zero-order chi connectivity index (χ0) is 21.6. The minimum Gasteiger partial charge on any atom is -0.462 e. The lowest BCUT2D eigenvalue weighted by Gasteiger charge is -2.07. The fourth-order valence-electron chi connectivity index (χ4n) is 2.86. The van der Waals surface area contributed by atoms with Gasteiger partial charge in [-0.1, -0.05) is 42.1 Å². The van der Waals surface area contributed by atoms with Gasteiger partial charge in [-0.2, -0.15) is 9.61 Å². The summed E-state index contributed by atoms with van der Waals surface area (Å²) in [7, 11) is 0. The average Bonchev–Trinajstić information content (AvgIpc) is 3.22. The first-order valence-corrected chi connectivity index (χ1v) is 10.6. The average molecular weight is 433 g/mol. The van der Waals surface area contributed by atoms with E-state index in [2.05, 4.69) is 20.6 Å². The van der Waals surface area contributed by atoms with Crippen LogP contribution in [0.25, 0.3) is 17.0 Å². The molecule has 0 fully saturated rings. The monoisotopic (exact) mass is 433 g/mol. The number of ether oxygens (including phenoxy) is 1. The minimum atomic E-state index is -0.388. The van der Waals surface area contributed by atoms with Gasteiger partial charge in [-0.05, 0) is 43.3 Å². The number of nitrogens with one attached hydrogen (secondary N) is 1. The van der Waals surface area contributed by atoms with E-state index in [9.17, 15) is 9.59 Å². The van der Waals surface area contributed by atoms with Crippen LogP contribution in [-0.4, -0.2) is 44.0 Å². The molecule has 0 aliphatic heterocycles. The number of hydrogen-bond acceptors (Lipinski definition) is 7. The second kappa shape index (κ2) is 9.40. The van der Waals surface area contributed by atoms with Gasteiger partial charge < -0.3 is 10.1 Å². The number of rotatable bonds is 7. The molecule has 0 radical (unpaired) electrons. The fraction of sp³-hybridized carbons (Fsp3) is 0.136. The van der Waals surface area contributed by atoms with Crippen LogP contribution in [0, 0.1) is 0 Å². The lowest BCUT2D eigenvalue weighted by atomic mass is 10.2. The van der Waals surface area contributed by atoms with Crippen molar-refractivity contribution in [1.82, 2.24) is 19.8 Å². The lowest BCUT2D eigenvalue weighted by molar-refractivity contribution is -0.113. The van der Waals surface area contributed by atoms with Gasteiger partial charge in [0.1, 0.15) is 5.03 Å². The number of benzene rings is 2. The van der Waals surface area contributed by atoms with Crippen LogP contribution >= 0.6 is 11.8 Å². The van der Waals surface area contributed by atoms with Crippen LogP contribution in [0.4, 0.5) is 5.69 Å². The Morgan fingerprint density at radius 3 is 2.52 bits per heavy atom. The predicted octanol–water partition coefficient (Wildman–Crippen LogP) is 3.70. The van der Waals surface area contributed by atoms with Crippen molar-refractivity contribution < 1.29 is 14.3 Å². The van der Waals surface area contributed by atoms with Gasteiger partial charge in [0.15, 0.2) is 11.5 Å². The highest BCUT2D eigenvalue weighted by Crippen LogP contribution is 2.21. The van der Waals surface area contributed by atoms with Gasteiger partial charge in [-0.3, -0.25) is 4.79 Å². The van der Waals surface area contributed by atoms with Crippen molar-refractivity contribution in [1.29, 1.82) is 0 Å². The molecule has 0 atom stereocenters. The number of amides is 1. The standard InChI is InChI=1S/C22H19N5O3S/c1-2-30-22(29)16-8-10-17(11-9-16)23-19(28)14-31-20-13-12-18-24-25-21(27(18)26-20)15-6-4-3-5-7-15/h3-13H,2,14H2,1H3,(H,23,28). The molecule has 0 saturated heterocycles. The minimum absolute atomic E-state index is 0.178. The maximum Gasteiger partial charge on any atom is 0.338 e. The smallest absolute Gasteiger partial charge is 0.338 e. The van der Waals surface area contributed by atoms with Gasteiger partial charge in [0.25, 0.3) is 0 Å². The Hall–Kier alpha value is -3.72. The van der Waals surface area contributed by atoms with Crippen molar-refractivity contribution in [2.75, 3.05) is 17.7 Å². The van der Waals surface area contributed by atoms with Gasteiger partial charge in [-0.25, -0.2) is 4.79 Å². The van der Waals surface area contributed by atoms with E-state index in [0.717, 1.165) is 5.56 Å². The molecule has 2 aromatic heterocycles. The number of carbonyl (C=O) groups is 2. The summed E-state index contributed by atoms with van der Waals surface area (Å²) >= 11 is 1.31. The molecule has 2 aromatic carbocycles. The molecule has 31 heavy (non-hydrogen) atoms. The molecule has 2 heterocycles. The number of thioether (sulfide) groups is 1. The van der Waals surface area contributed by atoms with E-state index in [-0.39, 0.29) is 17.6 Å². The van der Waals surface area contributed by atoms with Crippen LogP contribution in [0.3, 0.4) is 0 Å². The van der Waals surface area contributed by atoms with Gasteiger partial charge in [0, 0.05) is 11.3 Å². The highest BCUT2D eigenvalue weighted by molar-refractivity contribution is 7.99. The Labute approximate surface area is 182 Å². The zero-order valence-electron chi connectivity index (χ0n) is 16.7. The maximum atomic E-state index is 12.3. The first-order valence-electron chi connectivity index (χ1n) is 9.62.